The number of phenols is 1. The van der Waals surface area contributed by atoms with Crippen molar-refractivity contribution in [2.24, 2.45) is 0 Å². The maximum absolute atomic E-state index is 10.6. The Balaban J connectivity index is 3.45. The number of methoxy groups -OCH3 is 1. The van der Waals surface area contributed by atoms with Gasteiger partial charge in [-0.15, -0.1) is 0 Å². The van der Waals surface area contributed by atoms with Crippen molar-refractivity contribution in [2.75, 3.05) is 7.11 Å². The number of hydrogen-bond acceptors (Lipinski definition) is 3. The molecule has 1 aromatic rings. The lowest BCUT2D eigenvalue weighted by atomic mass is 10.1. The summed E-state index contributed by atoms with van der Waals surface area (Å²) in [5.41, 5.74) is 1.24. The average molecular weight is 292 g/mol. The van der Waals surface area contributed by atoms with Gasteiger partial charge in [-0.25, -0.2) is 0 Å². The van der Waals surface area contributed by atoms with E-state index >= 15 is 0 Å². The van der Waals surface area contributed by atoms with E-state index in [1.54, 1.807) is 13.0 Å². The molecule has 13 heavy (non-hydrogen) atoms. The molecular weight excluding hydrogens is 283 g/mol. The number of benzene rings is 1. The molecule has 0 fully saturated rings. The molecule has 70 valence electrons. The average Bonchev–Trinajstić information content (AvgIpc) is 2.12. The van der Waals surface area contributed by atoms with Crippen molar-refractivity contribution in [3.8, 4) is 11.5 Å². The van der Waals surface area contributed by atoms with E-state index in [0.717, 1.165) is 5.56 Å². The Morgan fingerprint density at radius 2 is 2.23 bits per heavy atom. The first-order valence-electron chi connectivity index (χ1n) is 3.63. The summed E-state index contributed by atoms with van der Waals surface area (Å²) in [6, 6.07) is 1.69. The molecule has 0 atom stereocenters. The van der Waals surface area contributed by atoms with Gasteiger partial charge < -0.3 is 9.84 Å². The standard InChI is InChI=1S/C9H9IO3/c1-5-3-6(4-11)7(10)8(12)9(5)13-2/h3-4,12H,1-2H3. The van der Waals surface area contributed by atoms with Crippen LogP contribution in [0.15, 0.2) is 6.07 Å². The van der Waals surface area contributed by atoms with Gasteiger partial charge in [0, 0.05) is 5.56 Å². The number of hydrogen-bond donors (Lipinski definition) is 1. The van der Waals surface area contributed by atoms with E-state index < -0.39 is 0 Å². The molecule has 0 unspecified atom stereocenters. The normalized spacial score (nSPS) is 9.77. The van der Waals surface area contributed by atoms with E-state index in [2.05, 4.69) is 0 Å². The van der Waals surface area contributed by atoms with Gasteiger partial charge in [0.05, 0.1) is 10.7 Å². The molecule has 0 radical (unpaired) electrons. The minimum Gasteiger partial charge on any atom is -0.504 e. The Hall–Kier alpha value is -0.780. The summed E-state index contributed by atoms with van der Waals surface area (Å²) in [6.07, 6.45) is 0.716. The molecule has 0 aromatic heterocycles. The van der Waals surface area contributed by atoms with Crippen molar-refractivity contribution in [3.05, 3.63) is 20.8 Å². The third kappa shape index (κ3) is 1.77. The predicted octanol–water partition coefficient (Wildman–Crippen LogP) is 2.13. The summed E-state index contributed by atoms with van der Waals surface area (Å²) >= 11 is 1.91. The number of ether oxygens (including phenoxy) is 1. The van der Waals surface area contributed by atoms with Crippen molar-refractivity contribution >= 4 is 28.9 Å². The lowest BCUT2D eigenvalue weighted by Crippen LogP contribution is -1.94. The lowest BCUT2D eigenvalue weighted by molar-refractivity contribution is 0.112. The molecule has 0 saturated heterocycles. The van der Waals surface area contributed by atoms with Crippen LogP contribution in [0.4, 0.5) is 0 Å². The van der Waals surface area contributed by atoms with Crippen molar-refractivity contribution < 1.29 is 14.6 Å². The molecule has 1 rings (SSSR count). The molecule has 0 aliphatic rings. The smallest absolute Gasteiger partial charge is 0.172 e. The van der Waals surface area contributed by atoms with Gasteiger partial charge in [-0.05, 0) is 41.1 Å². The van der Waals surface area contributed by atoms with Crippen LogP contribution in [0.1, 0.15) is 15.9 Å². The van der Waals surface area contributed by atoms with Crippen LogP contribution in [-0.4, -0.2) is 18.5 Å². The molecular formula is C9H9IO3. The first kappa shape index (κ1) is 10.3. The van der Waals surface area contributed by atoms with E-state index in [0.29, 0.717) is 21.2 Å². The highest BCUT2D eigenvalue weighted by Crippen LogP contribution is 2.35. The number of phenolic OH excluding ortho intramolecular Hbond substituents is 1. The number of carbonyl (C=O) groups is 1. The maximum Gasteiger partial charge on any atom is 0.172 e. The molecule has 4 heteroatoms. The molecule has 1 aromatic carbocycles. The Kier molecular flexibility index (Phi) is 3.13. The van der Waals surface area contributed by atoms with Gasteiger partial charge in [-0.2, -0.15) is 0 Å². The Morgan fingerprint density at radius 3 is 2.69 bits per heavy atom. The highest BCUT2D eigenvalue weighted by atomic mass is 127. The summed E-state index contributed by atoms with van der Waals surface area (Å²) in [5, 5.41) is 9.60. The van der Waals surface area contributed by atoms with Gasteiger partial charge in [-0.3, -0.25) is 4.79 Å². The quantitative estimate of drug-likeness (QED) is 0.671. The van der Waals surface area contributed by atoms with Gasteiger partial charge in [0.1, 0.15) is 0 Å². The summed E-state index contributed by atoms with van der Waals surface area (Å²) in [5.74, 6) is 0.459. The van der Waals surface area contributed by atoms with Crippen LogP contribution in [-0.2, 0) is 0 Å². The van der Waals surface area contributed by atoms with Gasteiger partial charge in [-0.1, -0.05) is 0 Å². The van der Waals surface area contributed by atoms with Crippen molar-refractivity contribution in [1.29, 1.82) is 0 Å². The first-order valence-corrected chi connectivity index (χ1v) is 4.71. The number of aryl methyl sites for hydroxylation is 1. The van der Waals surface area contributed by atoms with Crippen LogP contribution in [0, 0.1) is 10.5 Å². The molecule has 0 saturated carbocycles. The van der Waals surface area contributed by atoms with E-state index in [9.17, 15) is 9.90 Å². The minimum absolute atomic E-state index is 0.0326. The molecule has 0 amide bonds. The van der Waals surface area contributed by atoms with E-state index in [1.807, 2.05) is 22.6 Å². The Labute approximate surface area is 89.9 Å². The minimum atomic E-state index is 0.0326. The zero-order valence-electron chi connectivity index (χ0n) is 7.30. The number of carbonyl (C=O) groups excluding carboxylic acids is 1. The zero-order chi connectivity index (χ0) is 10.0. The number of halogens is 1. The van der Waals surface area contributed by atoms with Gasteiger partial charge in [0.25, 0.3) is 0 Å². The zero-order valence-corrected chi connectivity index (χ0v) is 9.45. The van der Waals surface area contributed by atoms with Crippen molar-refractivity contribution in [2.45, 2.75) is 6.92 Å². The summed E-state index contributed by atoms with van der Waals surface area (Å²) in [6.45, 7) is 1.78. The fraction of sp³-hybridized carbons (Fsp3) is 0.222. The summed E-state index contributed by atoms with van der Waals surface area (Å²) in [4.78, 5) is 10.6. The van der Waals surface area contributed by atoms with Gasteiger partial charge in [0.15, 0.2) is 17.8 Å². The number of rotatable bonds is 2. The highest BCUT2D eigenvalue weighted by molar-refractivity contribution is 14.1. The van der Waals surface area contributed by atoms with Crippen molar-refractivity contribution in [1.82, 2.24) is 0 Å². The van der Waals surface area contributed by atoms with Gasteiger partial charge in [0.2, 0.25) is 0 Å². The highest BCUT2D eigenvalue weighted by Gasteiger charge is 2.13. The fourth-order valence-corrected chi connectivity index (χ4v) is 1.66. The second-order valence-electron chi connectivity index (χ2n) is 2.60. The molecule has 1 N–H and O–H groups in total. The fourth-order valence-electron chi connectivity index (χ4n) is 1.13. The Morgan fingerprint density at radius 1 is 1.62 bits per heavy atom. The van der Waals surface area contributed by atoms with Gasteiger partial charge >= 0.3 is 0 Å². The lowest BCUT2D eigenvalue weighted by Gasteiger charge is -2.09. The molecule has 0 aliphatic carbocycles. The number of aromatic hydroxyl groups is 1. The van der Waals surface area contributed by atoms with Crippen LogP contribution < -0.4 is 4.74 Å². The second-order valence-corrected chi connectivity index (χ2v) is 3.68. The van der Waals surface area contributed by atoms with Crippen LogP contribution in [0.25, 0.3) is 0 Å². The van der Waals surface area contributed by atoms with E-state index in [-0.39, 0.29) is 5.75 Å². The monoisotopic (exact) mass is 292 g/mol. The largest absolute Gasteiger partial charge is 0.504 e. The molecule has 0 bridgehead atoms. The topological polar surface area (TPSA) is 46.5 Å². The maximum atomic E-state index is 10.6. The van der Waals surface area contributed by atoms with Crippen LogP contribution >= 0.6 is 22.6 Å². The number of aldehydes is 1. The third-order valence-electron chi connectivity index (χ3n) is 1.74. The van der Waals surface area contributed by atoms with E-state index in [1.165, 1.54) is 7.11 Å². The predicted molar refractivity (Wildman–Crippen MR) is 57.5 cm³/mol. The summed E-state index contributed by atoms with van der Waals surface area (Å²) < 4.78 is 5.51. The SMILES string of the molecule is COc1c(C)cc(C=O)c(I)c1O. The molecule has 0 heterocycles. The first-order chi connectivity index (χ1) is 6.11. The molecule has 0 aliphatic heterocycles. The molecule has 3 nitrogen and oxygen atoms in total. The van der Waals surface area contributed by atoms with Crippen molar-refractivity contribution in [3.63, 3.8) is 0 Å². The molecule has 0 spiro atoms. The van der Waals surface area contributed by atoms with Crippen LogP contribution in [0.3, 0.4) is 0 Å². The second kappa shape index (κ2) is 3.95. The Bertz CT molecular complexity index is 347. The van der Waals surface area contributed by atoms with Crippen LogP contribution in [0.2, 0.25) is 0 Å². The summed E-state index contributed by atoms with van der Waals surface area (Å²) in [7, 11) is 1.48. The van der Waals surface area contributed by atoms with E-state index in [4.69, 9.17) is 4.74 Å². The third-order valence-corrected chi connectivity index (χ3v) is 2.87. The van der Waals surface area contributed by atoms with Crippen LogP contribution in [0.5, 0.6) is 11.5 Å².